The molecule has 11 rings (SSSR count). The minimum atomic E-state index is -0.747. The lowest BCUT2D eigenvalue weighted by Crippen LogP contribution is -2.24. The zero-order valence-corrected chi connectivity index (χ0v) is 36.6. The molecule has 0 saturated heterocycles. The predicted molar refractivity (Wildman–Crippen MR) is 263 cm³/mol. The maximum Gasteiger partial charge on any atom is 0.343 e. The third-order valence-electron chi connectivity index (χ3n) is 12.2. The van der Waals surface area contributed by atoms with Crippen molar-refractivity contribution in [1.29, 1.82) is 0 Å². The van der Waals surface area contributed by atoms with Crippen LogP contribution in [0.15, 0.2) is 184 Å². The van der Waals surface area contributed by atoms with Crippen molar-refractivity contribution in [2.45, 2.75) is 6.92 Å². The third-order valence-corrected chi connectivity index (χ3v) is 12.2. The highest BCUT2D eigenvalue weighted by Crippen LogP contribution is 2.26. The van der Waals surface area contributed by atoms with Crippen molar-refractivity contribution in [1.82, 2.24) is 18.3 Å². The normalized spacial score (nSPS) is 11.4. The van der Waals surface area contributed by atoms with E-state index in [9.17, 15) is 43.2 Å². The Morgan fingerprint density at radius 3 is 1.20 bits per heavy atom. The molecular weight excluding hydrogens is 893 g/mol. The summed E-state index contributed by atoms with van der Waals surface area (Å²) < 4.78 is 15.3. The standard InChI is InChI=1S/C55H30N4O11/c1-29-22-32(55(68)70-38-16-10-31(11-17-38)9-8-30-6-4-3-5-7-30)24-35(23-29)59-53(66)45-27-43-44(28-46(45)54(59)67)52(65)58(51(43)64)34-14-20-37(21-15-34)69-36-18-12-33(13-19-36)57-49(62)41-25-39-40(26-42(41)50(57)63)48(61)56(2)47(39)60/h3-7,10-28H,1-2H3. The first-order valence-corrected chi connectivity index (χ1v) is 21.5. The van der Waals surface area contributed by atoms with E-state index in [-0.39, 0.29) is 71.5 Å². The van der Waals surface area contributed by atoms with Gasteiger partial charge in [0.2, 0.25) is 0 Å². The van der Waals surface area contributed by atoms with Gasteiger partial charge in [-0.3, -0.25) is 42.9 Å². The van der Waals surface area contributed by atoms with Crippen LogP contribution in [0.25, 0.3) is 60.2 Å². The van der Waals surface area contributed by atoms with Gasteiger partial charge in [0.15, 0.2) is 0 Å². The maximum atomic E-state index is 13.9. The lowest BCUT2D eigenvalue weighted by atomic mass is 10.1. The molecule has 336 valence electrons. The van der Waals surface area contributed by atoms with Crippen molar-refractivity contribution in [2.24, 2.45) is 7.05 Å². The molecule has 0 amide bonds. The highest BCUT2D eigenvalue weighted by atomic mass is 16.5. The minimum Gasteiger partial charge on any atom is -0.457 e. The van der Waals surface area contributed by atoms with E-state index in [4.69, 9.17) is 9.47 Å². The van der Waals surface area contributed by atoms with Gasteiger partial charge in [-0.05, 0) is 140 Å². The second kappa shape index (κ2) is 16.1. The van der Waals surface area contributed by atoms with E-state index in [0.717, 1.165) is 23.8 Å². The zero-order chi connectivity index (χ0) is 48.7. The van der Waals surface area contributed by atoms with E-state index < -0.39 is 50.4 Å². The van der Waals surface area contributed by atoms with Crippen LogP contribution in [-0.4, -0.2) is 24.2 Å². The van der Waals surface area contributed by atoms with Crippen LogP contribution >= 0.6 is 0 Å². The van der Waals surface area contributed by atoms with E-state index in [2.05, 4.69) is 11.8 Å². The largest absolute Gasteiger partial charge is 0.457 e. The number of hydrogen-bond acceptors (Lipinski definition) is 11. The van der Waals surface area contributed by atoms with Crippen LogP contribution in [0.5, 0.6) is 17.2 Å². The quantitative estimate of drug-likeness (QED) is 0.114. The van der Waals surface area contributed by atoms with Crippen LogP contribution in [0.1, 0.15) is 27.0 Å². The number of hydrogen-bond donors (Lipinski definition) is 0. The van der Waals surface area contributed by atoms with E-state index in [1.807, 2.05) is 30.3 Å². The number of rotatable bonds is 7. The Morgan fingerprint density at radius 2 is 0.771 bits per heavy atom. The number of fused-ring (bicyclic) bond motifs is 4. The Kier molecular flexibility index (Phi) is 9.77. The molecule has 0 radical (unpaired) electrons. The molecule has 0 bridgehead atoms. The summed E-state index contributed by atoms with van der Waals surface area (Å²) in [5.74, 6) is 6.29. The first-order valence-electron chi connectivity index (χ1n) is 21.5. The van der Waals surface area contributed by atoms with Gasteiger partial charge in [-0.25, -0.2) is 18.5 Å². The first kappa shape index (κ1) is 42.6. The summed E-state index contributed by atoms with van der Waals surface area (Å²) in [5.41, 5.74) is -2.64. The van der Waals surface area contributed by atoms with Crippen molar-refractivity contribution >= 4 is 49.1 Å². The van der Waals surface area contributed by atoms with Crippen molar-refractivity contribution < 1.29 is 14.3 Å². The van der Waals surface area contributed by atoms with Crippen molar-refractivity contribution in [3.8, 4) is 46.2 Å². The fourth-order valence-corrected chi connectivity index (χ4v) is 8.68. The van der Waals surface area contributed by atoms with Gasteiger partial charge in [0.05, 0.1) is 65.7 Å². The summed E-state index contributed by atoms with van der Waals surface area (Å²) in [5, 5.41) is -0.197. The Balaban J connectivity index is 0.830. The van der Waals surface area contributed by atoms with E-state index in [1.165, 1.54) is 85.9 Å². The second-order valence-electron chi connectivity index (χ2n) is 16.6. The SMILES string of the molecule is Cc1cc(C(=O)Oc2ccc(C#Cc3ccccc3)cc2)cc(-n2c(=O)c3cc4c(=O)n(-c5ccc(Oc6ccc(-n7c(=O)c8cc9c(=O)n(C)c(=O)c9cc8c7=O)cc6)cc5)c(=O)c4cc3c2=O)c1. The molecule has 0 atom stereocenters. The van der Waals surface area contributed by atoms with Gasteiger partial charge in [-0.2, -0.15) is 0 Å². The van der Waals surface area contributed by atoms with Gasteiger partial charge < -0.3 is 9.47 Å². The summed E-state index contributed by atoms with van der Waals surface area (Å²) in [4.78, 5) is 121. The molecule has 7 aromatic carbocycles. The molecule has 11 aromatic rings. The lowest BCUT2D eigenvalue weighted by Gasteiger charge is -2.08. The smallest absolute Gasteiger partial charge is 0.343 e. The number of ether oxygens (including phenoxy) is 2. The molecule has 0 spiro atoms. The fourth-order valence-electron chi connectivity index (χ4n) is 8.68. The Bertz CT molecular complexity index is 4390. The van der Waals surface area contributed by atoms with Gasteiger partial charge >= 0.3 is 5.97 Å². The van der Waals surface area contributed by atoms with Crippen LogP contribution in [-0.2, 0) is 7.05 Å². The Hall–Kier alpha value is -10.1. The van der Waals surface area contributed by atoms with Crippen molar-refractivity contribution in [3.63, 3.8) is 0 Å². The third kappa shape index (κ3) is 6.90. The number of esters is 1. The summed E-state index contributed by atoms with van der Waals surface area (Å²) in [6.07, 6.45) is 0. The molecule has 70 heavy (non-hydrogen) atoms. The summed E-state index contributed by atoms with van der Waals surface area (Å²) in [7, 11) is 1.33. The molecule has 0 fully saturated rings. The number of carbonyl (C=O) groups is 1. The fraction of sp³-hybridized carbons (Fsp3) is 0.0364. The second-order valence-corrected chi connectivity index (χ2v) is 16.6. The highest BCUT2D eigenvalue weighted by Gasteiger charge is 2.23. The number of carbonyl (C=O) groups excluding carboxylic acids is 1. The van der Waals surface area contributed by atoms with Gasteiger partial charge in [-0.15, -0.1) is 0 Å². The van der Waals surface area contributed by atoms with Crippen LogP contribution in [0.4, 0.5) is 0 Å². The molecule has 0 aliphatic heterocycles. The number of benzene rings is 7. The van der Waals surface area contributed by atoms with Gasteiger partial charge in [0, 0.05) is 18.2 Å². The molecule has 4 heterocycles. The molecule has 15 nitrogen and oxygen atoms in total. The zero-order valence-electron chi connectivity index (χ0n) is 36.6. The lowest BCUT2D eigenvalue weighted by molar-refractivity contribution is 0.0734. The molecule has 0 aliphatic carbocycles. The molecule has 0 N–H and O–H groups in total. The van der Waals surface area contributed by atoms with Crippen molar-refractivity contribution in [3.05, 3.63) is 251 Å². The summed E-state index contributed by atoms with van der Waals surface area (Å²) in [6, 6.07) is 37.7. The molecule has 0 unspecified atom stereocenters. The van der Waals surface area contributed by atoms with Gasteiger partial charge in [-0.1, -0.05) is 30.0 Å². The average molecular weight is 923 g/mol. The van der Waals surface area contributed by atoms with Crippen LogP contribution in [0.2, 0.25) is 0 Å². The molecule has 15 heteroatoms. The van der Waals surface area contributed by atoms with E-state index in [1.54, 1.807) is 43.3 Å². The van der Waals surface area contributed by atoms with Crippen molar-refractivity contribution in [2.75, 3.05) is 0 Å². The monoisotopic (exact) mass is 922 g/mol. The van der Waals surface area contributed by atoms with Crippen LogP contribution < -0.4 is 53.9 Å². The molecule has 0 saturated carbocycles. The average Bonchev–Trinajstić information content (AvgIpc) is 3.95. The first-order chi connectivity index (χ1) is 33.7. The number of aromatic nitrogens is 4. The maximum absolute atomic E-state index is 13.9. The molecule has 0 aliphatic rings. The van der Waals surface area contributed by atoms with Crippen LogP contribution in [0.3, 0.4) is 0 Å². The molecule has 4 aromatic heterocycles. The van der Waals surface area contributed by atoms with E-state index >= 15 is 0 Å². The van der Waals surface area contributed by atoms with Crippen LogP contribution in [0, 0.1) is 18.8 Å². The summed E-state index contributed by atoms with van der Waals surface area (Å²) >= 11 is 0. The highest BCUT2D eigenvalue weighted by molar-refractivity contribution is 5.99. The Labute approximate surface area is 391 Å². The topological polar surface area (TPSA) is 192 Å². The Morgan fingerprint density at radius 1 is 0.400 bits per heavy atom. The summed E-state index contributed by atoms with van der Waals surface area (Å²) in [6.45, 7) is 1.69. The number of aryl methyl sites for hydroxylation is 1. The van der Waals surface area contributed by atoms with Gasteiger partial charge in [0.1, 0.15) is 17.2 Å². The van der Waals surface area contributed by atoms with Gasteiger partial charge in [0.25, 0.3) is 44.5 Å². The minimum absolute atomic E-state index is 0.0102. The predicted octanol–water partition coefficient (Wildman–Crippen LogP) is 5.36. The van der Waals surface area contributed by atoms with E-state index in [0.29, 0.717) is 22.6 Å². The number of nitrogens with zero attached hydrogens (tertiary/aromatic N) is 4. The molecular formula is C55H30N4O11.